The monoisotopic (exact) mass is 464 g/mol. The quantitative estimate of drug-likeness (QED) is 0.581. The number of alkyl carbamates (subject to hydrolysis) is 1. The molecule has 2 aromatic rings. The number of carbonyl (C=O) groups is 3. The zero-order valence-electron chi connectivity index (χ0n) is 19.0. The SMILES string of the molecule is CC1(C(=O)O)COCC1NC(=O)C1(CNC(=O)OCC2c3ccccc3-c3ccccc32)CC1. The Labute approximate surface area is 197 Å². The third-order valence-electron chi connectivity index (χ3n) is 7.50. The highest BCUT2D eigenvalue weighted by molar-refractivity contribution is 5.87. The number of rotatable bonds is 7. The van der Waals surface area contributed by atoms with Crippen molar-refractivity contribution in [3.63, 3.8) is 0 Å². The molecule has 0 radical (unpaired) electrons. The lowest BCUT2D eigenvalue weighted by Crippen LogP contribution is -2.52. The molecule has 1 aliphatic heterocycles. The van der Waals surface area contributed by atoms with E-state index >= 15 is 0 Å². The molecule has 8 heteroatoms. The van der Waals surface area contributed by atoms with Crippen molar-refractivity contribution in [2.75, 3.05) is 26.4 Å². The van der Waals surface area contributed by atoms with Crippen molar-refractivity contribution in [1.82, 2.24) is 10.6 Å². The molecule has 8 nitrogen and oxygen atoms in total. The lowest BCUT2D eigenvalue weighted by atomic mass is 9.85. The number of hydrogen-bond acceptors (Lipinski definition) is 5. The number of benzene rings is 2. The van der Waals surface area contributed by atoms with Crippen LogP contribution in [0.3, 0.4) is 0 Å². The topological polar surface area (TPSA) is 114 Å². The van der Waals surface area contributed by atoms with Gasteiger partial charge < -0.3 is 25.2 Å². The van der Waals surface area contributed by atoms with Crippen LogP contribution in [0.1, 0.15) is 36.8 Å². The van der Waals surface area contributed by atoms with Crippen LogP contribution in [0.2, 0.25) is 0 Å². The van der Waals surface area contributed by atoms with Crippen LogP contribution in [-0.2, 0) is 19.1 Å². The minimum atomic E-state index is -1.16. The molecule has 0 spiro atoms. The van der Waals surface area contributed by atoms with E-state index in [-0.39, 0.29) is 38.2 Å². The van der Waals surface area contributed by atoms with Crippen LogP contribution in [0.5, 0.6) is 0 Å². The first-order valence-electron chi connectivity index (χ1n) is 11.5. The first-order chi connectivity index (χ1) is 16.3. The molecule has 2 atom stereocenters. The van der Waals surface area contributed by atoms with Crippen molar-refractivity contribution in [3.8, 4) is 11.1 Å². The summed E-state index contributed by atoms with van der Waals surface area (Å²) >= 11 is 0. The molecule has 2 aliphatic carbocycles. The summed E-state index contributed by atoms with van der Waals surface area (Å²) in [7, 11) is 0. The fourth-order valence-electron chi connectivity index (χ4n) is 4.92. The predicted molar refractivity (Wildman–Crippen MR) is 123 cm³/mol. The number of aliphatic carboxylic acids is 1. The second-order valence-corrected chi connectivity index (χ2v) is 9.72. The zero-order valence-corrected chi connectivity index (χ0v) is 19.0. The van der Waals surface area contributed by atoms with E-state index in [9.17, 15) is 19.5 Å². The Kier molecular flexibility index (Phi) is 5.56. The van der Waals surface area contributed by atoms with Gasteiger partial charge in [0.2, 0.25) is 5.91 Å². The van der Waals surface area contributed by atoms with E-state index in [0.717, 1.165) is 22.3 Å². The summed E-state index contributed by atoms with van der Waals surface area (Å²) in [6.45, 7) is 2.13. The summed E-state index contributed by atoms with van der Waals surface area (Å²) in [6, 6.07) is 15.6. The van der Waals surface area contributed by atoms with Crippen molar-refractivity contribution in [3.05, 3.63) is 59.7 Å². The average Bonchev–Trinajstić information content (AvgIpc) is 3.45. The maximum absolute atomic E-state index is 12.9. The number of carboxylic acids is 1. The third-order valence-corrected chi connectivity index (χ3v) is 7.50. The number of nitrogens with one attached hydrogen (secondary N) is 2. The maximum atomic E-state index is 12.9. The van der Waals surface area contributed by atoms with Gasteiger partial charge in [-0.05, 0) is 42.0 Å². The minimum Gasteiger partial charge on any atom is -0.481 e. The smallest absolute Gasteiger partial charge is 0.407 e. The van der Waals surface area contributed by atoms with Gasteiger partial charge in [0, 0.05) is 12.5 Å². The van der Waals surface area contributed by atoms with Crippen molar-refractivity contribution in [2.45, 2.75) is 31.7 Å². The Morgan fingerprint density at radius 2 is 1.68 bits per heavy atom. The summed E-state index contributed by atoms with van der Waals surface area (Å²) in [5.74, 6) is -1.29. The molecule has 34 heavy (non-hydrogen) atoms. The number of carboxylic acid groups (broad SMARTS) is 1. The van der Waals surface area contributed by atoms with Crippen molar-refractivity contribution in [1.29, 1.82) is 0 Å². The Hall–Kier alpha value is -3.39. The van der Waals surface area contributed by atoms with Crippen molar-refractivity contribution >= 4 is 18.0 Å². The van der Waals surface area contributed by atoms with E-state index in [1.54, 1.807) is 6.92 Å². The van der Waals surface area contributed by atoms with Crippen LogP contribution in [0, 0.1) is 10.8 Å². The molecular weight excluding hydrogens is 436 g/mol. The van der Waals surface area contributed by atoms with Gasteiger partial charge in [-0.25, -0.2) is 4.79 Å². The molecule has 2 fully saturated rings. The molecule has 1 saturated carbocycles. The van der Waals surface area contributed by atoms with Crippen LogP contribution >= 0.6 is 0 Å². The summed E-state index contributed by atoms with van der Waals surface area (Å²) < 4.78 is 10.9. The molecule has 0 bridgehead atoms. The maximum Gasteiger partial charge on any atom is 0.407 e. The first kappa shape index (κ1) is 22.4. The number of hydrogen-bond donors (Lipinski definition) is 3. The molecule has 3 N–H and O–H groups in total. The normalized spacial score (nSPS) is 24.1. The van der Waals surface area contributed by atoms with Crippen LogP contribution in [0.25, 0.3) is 11.1 Å². The van der Waals surface area contributed by atoms with E-state index in [4.69, 9.17) is 9.47 Å². The molecule has 2 aromatic carbocycles. The van der Waals surface area contributed by atoms with E-state index < -0.39 is 28.9 Å². The highest BCUT2D eigenvalue weighted by atomic mass is 16.5. The standard InChI is InChI=1S/C26H28N2O6/c1-25(23(30)31)15-33-13-21(25)28-22(29)26(10-11-26)14-27-24(32)34-12-20-18-8-4-2-6-16(18)17-7-3-5-9-19(17)20/h2-9,20-21H,10-15H2,1H3,(H,27,32)(H,28,29)(H,30,31). The summed E-state index contributed by atoms with van der Waals surface area (Å²) in [5, 5.41) is 15.1. The van der Waals surface area contributed by atoms with Crippen molar-refractivity contribution < 1.29 is 29.0 Å². The van der Waals surface area contributed by atoms with Gasteiger partial charge in [-0.1, -0.05) is 48.5 Å². The lowest BCUT2D eigenvalue weighted by molar-refractivity contribution is -0.149. The molecule has 5 rings (SSSR count). The second-order valence-electron chi connectivity index (χ2n) is 9.72. The van der Waals surface area contributed by atoms with Gasteiger partial charge in [0.15, 0.2) is 0 Å². The van der Waals surface area contributed by atoms with Gasteiger partial charge in [0.1, 0.15) is 12.0 Å². The molecule has 1 heterocycles. The number of carbonyl (C=O) groups excluding carboxylic acids is 2. The van der Waals surface area contributed by atoms with E-state index in [0.29, 0.717) is 12.8 Å². The van der Waals surface area contributed by atoms with Crippen LogP contribution in [0.4, 0.5) is 4.79 Å². The molecular formula is C26H28N2O6. The molecule has 3 aliphatic rings. The van der Waals surface area contributed by atoms with E-state index in [1.807, 2.05) is 24.3 Å². The van der Waals surface area contributed by atoms with Crippen LogP contribution < -0.4 is 10.6 Å². The first-order valence-corrected chi connectivity index (χ1v) is 11.5. The van der Waals surface area contributed by atoms with Gasteiger partial charge >= 0.3 is 12.1 Å². The number of ether oxygens (including phenoxy) is 2. The molecule has 0 aromatic heterocycles. The zero-order chi connectivity index (χ0) is 23.9. The Morgan fingerprint density at radius 1 is 1.06 bits per heavy atom. The summed E-state index contributed by atoms with van der Waals surface area (Å²) in [4.78, 5) is 37.0. The summed E-state index contributed by atoms with van der Waals surface area (Å²) in [5.41, 5.74) is 2.69. The van der Waals surface area contributed by atoms with E-state index in [2.05, 4.69) is 34.9 Å². The highest BCUT2D eigenvalue weighted by Gasteiger charge is 2.54. The third kappa shape index (κ3) is 3.81. The largest absolute Gasteiger partial charge is 0.481 e. The Morgan fingerprint density at radius 3 is 2.26 bits per heavy atom. The fourth-order valence-corrected chi connectivity index (χ4v) is 4.92. The molecule has 2 unspecified atom stereocenters. The van der Waals surface area contributed by atoms with Gasteiger partial charge in [-0.3, -0.25) is 9.59 Å². The van der Waals surface area contributed by atoms with Gasteiger partial charge in [0.05, 0.1) is 24.7 Å². The number of fused-ring (bicyclic) bond motifs is 3. The molecule has 2 amide bonds. The van der Waals surface area contributed by atoms with Gasteiger partial charge in [-0.15, -0.1) is 0 Å². The lowest BCUT2D eigenvalue weighted by Gasteiger charge is -2.27. The minimum absolute atomic E-state index is 0.0348. The highest BCUT2D eigenvalue weighted by Crippen LogP contribution is 2.46. The predicted octanol–water partition coefficient (Wildman–Crippen LogP) is 2.91. The molecule has 1 saturated heterocycles. The van der Waals surface area contributed by atoms with Crippen molar-refractivity contribution in [2.24, 2.45) is 10.8 Å². The van der Waals surface area contributed by atoms with Crippen LogP contribution in [0.15, 0.2) is 48.5 Å². The average molecular weight is 465 g/mol. The molecule has 178 valence electrons. The number of amides is 2. The van der Waals surface area contributed by atoms with Gasteiger partial charge in [0.25, 0.3) is 0 Å². The fraction of sp³-hybridized carbons (Fsp3) is 0.423. The van der Waals surface area contributed by atoms with Crippen LogP contribution in [-0.4, -0.2) is 55.5 Å². The Balaban J connectivity index is 1.17. The second kappa shape index (κ2) is 8.43. The van der Waals surface area contributed by atoms with Gasteiger partial charge in [-0.2, -0.15) is 0 Å². The summed E-state index contributed by atoms with van der Waals surface area (Å²) in [6.07, 6.45) is 0.681. The Bertz CT molecular complexity index is 1100. The van der Waals surface area contributed by atoms with E-state index in [1.165, 1.54) is 0 Å².